The number of unbranched alkanes of at least 4 members (excludes halogenated alkanes) is 1. The van der Waals surface area contributed by atoms with Gasteiger partial charge in [0.2, 0.25) is 17.7 Å². The van der Waals surface area contributed by atoms with Crippen molar-refractivity contribution in [1.82, 2.24) is 31.5 Å². The lowest BCUT2D eigenvalue weighted by Gasteiger charge is -2.18. The van der Waals surface area contributed by atoms with Gasteiger partial charge in [-0.1, -0.05) is 89.7 Å². The van der Waals surface area contributed by atoms with Crippen LogP contribution in [0.1, 0.15) is 86.1 Å². The van der Waals surface area contributed by atoms with Gasteiger partial charge < -0.3 is 48.7 Å². The number of nitrogens with one attached hydrogen (secondary N) is 5. The molecule has 296 valence electrons. The fourth-order valence-corrected chi connectivity index (χ4v) is 3.18. The molecule has 15 heteroatoms. The van der Waals surface area contributed by atoms with E-state index in [1.807, 2.05) is 84.9 Å². The van der Waals surface area contributed by atoms with Crippen molar-refractivity contribution in [2.24, 2.45) is 22.2 Å². The van der Waals surface area contributed by atoms with Crippen LogP contribution in [0.3, 0.4) is 0 Å². The Kier molecular flexibility index (Phi) is 48.5. The topological polar surface area (TPSA) is 222 Å². The number of aryl methyl sites for hydroxylation is 1. The summed E-state index contributed by atoms with van der Waals surface area (Å²) in [7, 11) is 5.39. The molecule has 0 fully saturated rings. The molecule has 14 nitrogen and oxygen atoms in total. The molecule has 1 aromatic rings. The van der Waals surface area contributed by atoms with Gasteiger partial charge in [-0.15, -0.1) is 0 Å². The van der Waals surface area contributed by atoms with E-state index in [2.05, 4.69) is 50.6 Å². The summed E-state index contributed by atoms with van der Waals surface area (Å²) in [5.74, 6) is -1.10. The molecule has 0 saturated carbocycles. The SMILES string of the molecule is CC.CC.CCC(=O)CNC(=O)C(CCCCN)NC(=O)CNC(=O)CNC.CCCN=C(N)N.CN/C=C(/C)N(C)C=S.Cc1ccccc1. The van der Waals surface area contributed by atoms with Crippen LogP contribution in [0.5, 0.6) is 0 Å². The third-order valence-corrected chi connectivity index (χ3v) is 6.08. The second-order valence-electron chi connectivity index (χ2n) is 10.1. The number of allylic oxidation sites excluding steroid dienone is 1. The third kappa shape index (κ3) is 43.9. The maximum atomic E-state index is 12.1. The van der Waals surface area contributed by atoms with E-state index in [1.54, 1.807) is 19.5 Å². The van der Waals surface area contributed by atoms with E-state index in [-0.39, 0.29) is 37.3 Å². The van der Waals surface area contributed by atoms with Crippen LogP contribution in [0.25, 0.3) is 0 Å². The summed E-state index contributed by atoms with van der Waals surface area (Å²) in [6, 6.07) is 9.51. The number of guanidine groups is 1. The number of nitrogens with two attached hydrogens (primary N) is 3. The van der Waals surface area contributed by atoms with Gasteiger partial charge in [-0.05, 0) is 53.1 Å². The number of thiocarbonyl (C=S) groups is 1. The van der Waals surface area contributed by atoms with Gasteiger partial charge in [-0.3, -0.25) is 24.2 Å². The van der Waals surface area contributed by atoms with Crippen LogP contribution in [-0.2, 0) is 19.2 Å². The Morgan fingerprint density at radius 2 is 1.51 bits per heavy atom. The summed E-state index contributed by atoms with van der Waals surface area (Å²) < 4.78 is 0. The fourth-order valence-electron chi connectivity index (χ4n) is 3.01. The Bertz CT molecular complexity index is 1050. The highest BCUT2D eigenvalue weighted by molar-refractivity contribution is 7.78. The van der Waals surface area contributed by atoms with Gasteiger partial charge in [-0.25, -0.2) is 0 Å². The monoisotopic (exact) mass is 741 g/mol. The highest BCUT2D eigenvalue weighted by atomic mass is 32.1. The van der Waals surface area contributed by atoms with Crippen LogP contribution in [0.4, 0.5) is 0 Å². The van der Waals surface area contributed by atoms with Crippen molar-refractivity contribution in [2.45, 2.75) is 93.5 Å². The zero-order valence-electron chi connectivity index (χ0n) is 33.4. The molecule has 0 saturated heterocycles. The van der Waals surface area contributed by atoms with Crippen LogP contribution in [0, 0.1) is 6.92 Å². The van der Waals surface area contributed by atoms with Crippen LogP contribution in [-0.4, -0.2) is 99.8 Å². The number of rotatable bonds is 18. The number of likely N-dealkylation sites (N-methyl/N-ethyl adjacent to an activating group) is 1. The number of ketones is 1. The number of hydrogen-bond donors (Lipinski definition) is 8. The van der Waals surface area contributed by atoms with Crippen molar-refractivity contribution in [3.05, 3.63) is 47.8 Å². The molecule has 0 aromatic heterocycles. The quantitative estimate of drug-likeness (QED) is 0.0473. The minimum Gasteiger partial charge on any atom is -0.393 e. The van der Waals surface area contributed by atoms with E-state index in [0.29, 0.717) is 25.8 Å². The molecule has 11 N–H and O–H groups in total. The average Bonchev–Trinajstić information content (AvgIpc) is 3.14. The number of carbonyl (C=O) groups excluding carboxylic acids is 4. The number of amides is 3. The summed E-state index contributed by atoms with van der Waals surface area (Å²) in [5, 5.41) is 13.1. The van der Waals surface area contributed by atoms with Crippen LogP contribution in [0.2, 0.25) is 0 Å². The Hall–Kier alpha value is -4.08. The number of benzene rings is 1. The first kappa shape index (κ1) is 56.3. The standard InChI is InChI=1S/C15H29N5O4.C7H8.C6H12N2S.C4H11N3.2C2H6/c1-3-11(21)8-19-15(24)12(6-4-5-7-16)20-14(23)10-18-13(22)9-17-2;1-7-5-3-2-4-6-7;1-6(4-7-2)8(3)5-9;1-2-3-7-4(5)6;2*1-2/h12,17H,3-10,16H2,1-2H3,(H,18,22)(H,19,24)(H,20,23);2-6H,1H3;4-5,7H,1-3H3;2-3H2,1H3,(H4,5,6,7);2*1-2H3/b;;6-4-;;;. The van der Waals surface area contributed by atoms with Crippen LogP contribution >= 0.6 is 12.2 Å². The van der Waals surface area contributed by atoms with Crippen molar-refractivity contribution < 1.29 is 19.2 Å². The molecule has 0 aliphatic carbocycles. The molecule has 0 aliphatic heterocycles. The molecular formula is C36H72N10O4S. The van der Waals surface area contributed by atoms with Crippen molar-refractivity contribution in [1.29, 1.82) is 0 Å². The molecule has 1 unspecified atom stereocenters. The zero-order chi connectivity index (χ0) is 40.5. The maximum Gasteiger partial charge on any atom is 0.242 e. The van der Waals surface area contributed by atoms with Crippen LogP contribution < -0.4 is 43.8 Å². The van der Waals surface area contributed by atoms with E-state index in [4.69, 9.17) is 29.4 Å². The minimum absolute atomic E-state index is 0.0580. The van der Waals surface area contributed by atoms with Gasteiger partial charge in [0.25, 0.3) is 0 Å². The third-order valence-electron chi connectivity index (χ3n) is 5.76. The molecule has 51 heavy (non-hydrogen) atoms. The molecule has 0 spiro atoms. The molecule has 0 radical (unpaired) electrons. The molecule has 0 aliphatic rings. The lowest BCUT2D eigenvalue weighted by molar-refractivity contribution is -0.130. The normalized spacial score (nSPS) is 9.84. The van der Waals surface area contributed by atoms with E-state index >= 15 is 0 Å². The Morgan fingerprint density at radius 1 is 0.922 bits per heavy atom. The Labute approximate surface area is 314 Å². The van der Waals surface area contributed by atoms with Crippen LogP contribution in [0.15, 0.2) is 47.2 Å². The average molecular weight is 741 g/mol. The molecule has 1 aromatic carbocycles. The maximum absolute atomic E-state index is 12.1. The number of hydrogen-bond acceptors (Lipinski definition) is 9. The predicted octanol–water partition coefficient (Wildman–Crippen LogP) is 2.70. The molecule has 0 heterocycles. The number of aliphatic imine (C=N–C) groups is 1. The summed E-state index contributed by atoms with van der Waals surface area (Å²) in [4.78, 5) is 52.2. The van der Waals surface area contributed by atoms with E-state index < -0.39 is 17.9 Å². The van der Waals surface area contributed by atoms with Gasteiger partial charge in [-0.2, -0.15) is 0 Å². The molecule has 1 rings (SSSR count). The first-order valence-electron chi connectivity index (χ1n) is 17.6. The smallest absolute Gasteiger partial charge is 0.242 e. The van der Waals surface area contributed by atoms with Gasteiger partial charge in [0.15, 0.2) is 11.7 Å². The minimum atomic E-state index is -0.755. The first-order valence-corrected chi connectivity index (χ1v) is 18.1. The molecule has 0 bridgehead atoms. The lowest BCUT2D eigenvalue weighted by atomic mass is 10.1. The second-order valence-corrected chi connectivity index (χ2v) is 10.3. The van der Waals surface area contributed by atoms with E-state index in [0.717, 1.165) is 25.1 Å². The second kappa shape index (κ2) is 43.9. The van der Waals surface area contributed by atoms with Crippen molar-refractivity contribution in [3.63, 3.8) is 0 Å². The number of nitrogens with zero attached hydrogens (tertiary/aromatic N) is 2. The lowest BCUT2D eigenvalue weighted by Crippen LogP contribution is -2.50. The number of carbonyl (C=O) groups is 4. The van der Waals surface area contributed by atoms with Gasteiger partial charge >= 0.3 is 0 Å². The van der Waals surface area contributed by atoms with Crippen molar-refractivity contribution >= 4 is 47.2 Å². The van der Waals surface area contributed by atoms with Gasteiger partial charge in [0, 0.05) is 39.0 Å². The van der Waals surface area contributed by atoms with Gasteiger partial charge in [0.1, 0.15) is 6.04 Å². The largest absolute Gasteiger partial charge is 0.393 e. The van der Waals surface area contributed by atoms with E-state index in [9.17, 15) is 19.2 Å². The summed E-state index contributed by atoms with van der Waals surface area (Å²) >= 11 is 4.70. The highest BCUT2D eigenvalue weighted by Crippen LogP contribution is 2.01. The van der Waals surface area contributed by atoms with E-state index in [1.165, 1.54) is 5.56 Å². The number of Topliss-reactive ketones (excluding diaryl/α,β-unsaturated/α-hetero) is 1. The summed E-state index contributed by atoms with van der Waals surface area (Å²) in [6.45, 7) is 16.9. The Morgan fingerprint density at radius 3 is 1.90 bits per heavy atom. The van der Waals surface area contributed by atoms with Gasteiger partial charge in [0.05, 0.1) is 25.1 Å². The molecular weight excluding hydrogens is 669 g/mol. The highest BCUT2D eigenvalue weighted by Gasteiger charge is 2.20. The van der Waals surface area contributed by atoms with Crippen molar-refractivity contribution in [3.8, 4) is 0 Å². The first-order chi connectivity index (χ1) is 24.3. The zero-order valence-corrected chi connectivity index (χ0v) is 34.2. The Balaban J connectivity index is -0.000000211. The predicted molar refractivity (Wildman–Crippen MR) is 219 cm³/mol. The summed E-state index contributed by atoms with van der Waals surface area (Å²) in [5.41, 5.74) is 19.5. The summed E-state index contributed by atoms with van der Waals surface area (Å²) in [6.07, 6.45) is 5.04. The molecule has 3 amide bonds. The molecule has 1 atom stereocenters. The fraction of sp³-hybridized carbons (Fsp3) is 0.611. The van der Waals surface area contributed by atoms with Crippen molar-refractivity contribution in [2.75, 3.05) is 53.9 Å².